The zero-order valence-electron chi connectivity index (χ0n) is 14.3. The number of nitrogens with zero attached hydrogens (tertiary/aromatic N) is 3. The van der Waals surface area contributed by atoms with Crippen LogP contribution in [0.3, 0.4) is 0 Å². The number of benzene rings is 2. The Labute approximate surface area is 154 Å². The van der Waals surface area contributed by atoms with Gasteiger partial charge in [0.15, 0.2) is 12.7 Å². The third kappa shape index (κ3) is 4.46. The number of ether oxygens (including phenoxy) is 2. The van der Waals surface area contributed by atoms with Gasteiger partial charge in [0, 0.05) is 5.56 Å². The van der Waals surface area contributed by atoms with Gasteiger partial charge in [-0.2, -0.15) is 5.26 Å². The van der Waals surface area contributed by atoms with Gasteiger partial charge in [-0.15, -0.1) is 10.2 Å². The van der Waals surface area contributed by atoms with Crippen molar-refractivity contribution in [1.82, 2.24) is 10.2 Å². The van der Waals surface area contributed by atoms with Gasteiger partial charge in [-0.3, -0.25) is 0 Å². The summed E-state index contributed by atoms with van der Waals surface area (Å²) < 4.78 is 28.9. The van der Waals surface area contributed by atoms with Crippen LogP contribution in [0.5, 0.6) is 5.75 Å². The van der Waals surface area contributed by atoms with Crippen molar-refractivity contribution >= 4 is 5.97 Å². The van der Waals surface area contributed by atoms with Crippen LogP contribution in [0.1, 0.15) is 24.5 Å². The summed E-state index contributed by atoms with van der Waals surface area (Å²) in [5.41, 5.74) is 0.865. The highest BCUT2D eigenvalue weighted by Gasteiger charge is 2.19. The predicted octanol–water partition coefficient (Wildman–Crippen LogP) is 3.43. The van der Waals surface area contributed by atoms with Crippen LogP contribution in [0.25, 0.3) is 11.5 Å². The minimum atomic E-state index is -0.797. The molecule has 3 rings (SSSR count). The molecule has 0 saturated carbocycles. The highest BCUT2D eigenvalue weighted by atomic mass is 19.1. The van der Waals surface area contributed by atoms with Gasteiger partial charge in [0.05, 0.1) is 5.56 Å². The van der Waals surface area contributed by atoms with E-state index in [1.165, 1.54) is 24.3 Å². The van der Waals surface area contributed by atoms with Crippen LogP contribution in [0.2, 0.25) is 0 Å². The number of para-hydroxylation sites is 1. The van der Waals surface area contributed by atoms with E-state index in [0.29, 0.717) is 16.9 Å². The number of nitriles is 1. The molecule has 27 heavy (non-hydrogen) atoms. The maximum Gasteiger partial charge on any atom is 0.344 e. The maximum absolute atomic E-state index is 13.0. The van der Waals surface area contributed by atoms with Gasteiger partial charge in [-0.25, -0.2) is 9.18 Å². The van der Waals surface area contributed by atoms with Crippen molar-refractivity contribution in [3.63, 3.8) is 0 Å². The number of hydrogen-bond donors (Lipinski definition) is 0. The molecule has 0 amide bonds. The summed E-state index contributed by atoms with van der Waals surface area (Å²) in [5.74, 6) is -0.455. The van der Waals surface area contributed by atoms with E-state index in [1.807, 2.05) is 6.07 Å². The molecule has 136 valence electrons. The first kappa shape index (κ1) is 18.1. The van der Waals surface area contributed by atoms with Crippen LogP contribution in [0.15, 0.2) is 52.9 Å². The van der Waals surface area contributed by atoms with Crippen LogP contribution in [-0.4, -0.2) is 22.8 Å². The highest BCUT2D eigenvalue weighted by molar-refractivity contribution is 5.71. The van der Waals surface area contributed by atoms with E-state index < -0.39 is 12.1 Å². The fourth-order valence-electron chi connectivity index (χ4n) is 2.21. The Morgan fingerprint density at radius 2 is 1.96 bits per heavy atom. The summed E-state index contributed by atoms with van der Waals surface area (Å²) in [7, 11) is 0. The second-order valence-electron chi connectivity index (χ2n) is 5.48. The largest absolute Gasteiger partial charge is 0.481 e. The van der Waals surface area contributed by atoms with Crippen LogP contribution >= 0.6 is 0 Å². The number of hydrogen-bond acceptors (Lipinski definition) is 7. The van der Waals surface area contributed by atoms with E-state index in [2.05, 4.69) is 10.2 Å². The van der Waals surface area contributed by atoms with Gasteiger partial charge >= 0.3 is 5.97 Å². The lowest BCUT2D eigenvalue weighted by atomic mass is 10.2. The monoisotopic (exact) mass is 367 g/mol. The third-order valence-electron chi connectivity index (χ3n) is 3.54. The summed E-state index contributed by atoms with van der Waals surface area (Å²) in [5, 5.41) is 16.7. The zero-order valence-corrected chi connectivity index (χ0v) is 14.3. The number of halogens is 1. The molecule has 0 unspecified atom stereocenters. The van der Waals surface area contributed by atoms with Crippen molar-refractivity contribution in [2.75, 3.05) is 6.61 Å². The second kappa shape index (κ2) is 8.10. The van der Waals surface area contributed by atoms with Gasteiger partial charge in [0.25, 0.3) is 5.89 Å². The smallest absolute Gasteiger partial charge is 0.344 e. The molecular formula is C19H14FN3O4. The Morgan fingerprint density at radius 3 is 2.70 bits per heavy atom. The molecule has 0 aliphatic carbocycles. The van der Waals surface area contributed by atoms with Crippen LogP contribution < -0.4 is 4.74 Å². The van der Waals surface area contributed by atoms with E-state index in [0.717, 1.165) is 0 Å². The van der Waals surface area contributed by atoms with Crippen molar-refractivity contribution in [2.45, 2.75) is 13.0 Å². The molecule has 1 heterocycles. The summed E-state index contributed by atoms with van der Waals surface area (Å²) in [6, 6.07) is 14.1. The molecule has 2 aromatic carbocycles. The van der Waals surface area contributed by atoms with E-state index in [9.17, 15) is 9.18 Å². The van der Waals surface area contributed by atoms with Gasteiger partial charge in [-0.05, 0) is 43.3 Å². The van der Waals surface area contributed by atoms with Crippen molar-refractivity contribution in [1.29, 1.82) is 5.26 Å². The van der Waals surface area contributed by atoms with E-state index in [1.54, 1.807) is 31.2 Å². The first-order valence-electron chi connectivity index (χ1n) is 7.97. The molecule has 3 aromatic rings. The molecule has 0 bridgehead atoms. The number of esters is 1. The van der Waals surface area contributed by atoms with Gasteiger partial charge in [0.1, 0.15) is 17.6 Å². The SMILES string of the molecule is C[C@@H](OC(=O)COc1ccccc1C#N)c1nnc(-c2ccc(F)cc2)o1. The van der Waals surface area contributed by atoms with E-state index in [-0.39, 0.29) is 24.2 Å². The van der Waals surface area contributed by atoms with E-state index in [4.69, 9.17) is 19.2 Å². The molecule has 0 radical (unpaired) electrons. The number of carbonyl (C=O) groups excluding carboxylic acids is 1. The predicted molar refractivity (Wildman–Crippen MR) is 90.9 cm³/mol. The molecule has 1 atom stereocenters. The summed E-state index contributed by atoms with van der Waals surface area (Å²) in [4.78, 5) is 12.0. The number of aromatic nitrogens is 2. The fraction of sp³-hybridized carbons (Fsp3) is 0.158. The molecule has 0 fully saturated rings. The average Bonchev–Trinajstić information content (AvgIpc) is 3.17. The summed E-state index contributed by atoms with van der Waals surface area (Å²) >= 11 is 0. The standard InChI is InChI=1S/C19H14FN3O4/c1-12(18-22-23-19(27-18)13-6-8-15(20)9-7-13)26-17(24)11-25-16-5-3-2-4-14(16)10-21/h2-9,12H,11H2,1H3/t12-/m1/s1. The Morgan fingerprint density at radius 1 is 1.22 bits per heavy atom. The lowest BCUT2D eigenvalue weighted by Crippen LogP contribution is -2.17. The normalized spacial score (nSPS) is 11.4. The Hall–Kier alpha value is -3.73. The summed E-state index contributed by atoms with van der Waals surface area (Å²) in [6.45, 7) is 1.20. The zero-order chi connectivity index (χ0) is 19.2. The first-order chi connectivity index (χ1) is 13.1. The quantitative estimate of drug-likeness (QED) is 0.616. The van der Waals surface area contributed by atoms with Crippen molar-refractivity contribution in [3.8, 4) is 23.3 Å². The van der Waals surface area contributed by atoms with Crippen molar-refractivity contribution in [3.05, 3.63) is 65.8 Å². The van der Waals surface area contributed by atoms with Crippen molar-refractivity contribution < 1.29 is 23.1 Å². The highest BCUT2D eigenvalue weighted by Crippen LogP contribution is 2.23. The Bertz CT molecular complexity index is 979. The van der Waals surface area contributed by atoms with Crippen LogP contribution in [0, 0.1) is 17.1 Å². The first-order valence-corrected chi connectivity index (χ1v) is 7.97. The molecule has 1 aromatic heterocycles. The lowest BCUT2D eigenvalue weighted by molar-refractivity contribution is -0.152. The Balaban J connectivity index is 1.58. The molecule has 0 saturated heterocycles. The lowest BCUT2D eigenvalue weighted by Gasteiger charge is -2.11. The van der Waals surface area contributed by atoms with E-state index >= 15 is 0 Å². The Kier molecular flexibility index (Phi) is 5.42. The number of rotatable bonds is 6. The topological polar surface area (TPSA) is 98.2 Å². The molecule has 0 spiro atoms. The second-order valence-corrected chi connectivity index (χ2v) is 5.48. The fourth-order valence-corrected chi connectivity index (χ4v) is 2.21. The maximum atomic E-state index is 13.0. The van der Waals surface area contributed by atoms with Gasteiger partial charge in [-0.1, -0.05) is 12.1 Å². The average molecular weight is 367 g/mol. The molecule has 0 aliphatic heterocycles. The molecular weight excluding hydrogens is 353 g/mol. The third-order valence-corrected chi connectivity index (χ3v) is 3.54. The van der Waals surface area contributed by atoms with Gasteiger partial charge in [0.2, 0.25) is 5.89 Å². The summed E-state index contributed by atoms with van der Waals surface area (Å²) in [6.07, 6.45) is -0.797. The van der Waals surface area contributed by atoms with Crippen molar-refractivity contribution in [2.24, 2.45) is 0 Å². The molecule has 8 heteroatoms. The minimum absolute atomic E-state index is 0.0973. The molecule has 0 aliphatic rings. The van der Waals surface area contributed by atoms with Crippen LogP contribution in [0.4, 0.5) is 4.39 Å². The molecule has 7 nitrogen and oxygen atoms in total. The van der Waals surface area contributed by atoms with Gasteiger partial charge < -0.3 is 13.9 Å². The molecule has 0 N–H and O–H groups in total. The minimum Gasteiger partial charge on any atom is -0.481 e. The number of carbonyl (C=O) groups is 1. The van der Waals surface area contributed by atoms with Crippen LogP contribution in [-0.2, 0) is 9.53 Å².